The fourth-order valence-electron chi connectivity index (χ4n) is 1.65. The van der Waals surface area contributed by atoms with E-state index in [2.05, 4.69) is 36.1 Å². The van der Waals surface area contributed by atoms with Gasteiger partial charge in [0, 0.05) is 25.1 Å². The van der Waals surface area contributed by atoms with Crippen molar-refractivity contribution < 1.29 is 4.74 Å². The van der Waals surface area contributed by atoms with E-state index < -0.39 is 5.60 Å². The molecule has 0 unspecified atom stereocenters. The van der Waals surface area contributed by atoms with E-state index in [0.717, 1.165) is 17.3 Å². The lowest BCUT2D eigenvalue weighted by Crippen LogP contribution is -2.27. The molecule has 1 heterocycles. The summed E-state index contributed by atoms with van der Waals surface area (Å²) in [6.45, 7) is 13.1. The van der Waals surface area contributed by atoms with Crippen LogP contribution in [0, 0.1) is 0 Å². The quantitative estimate of drug-likeness (QED) is 0.893. The standard InChI is InChI=1S/C14H25N3O/c1-8-18-14(5,6)12-16-10(13(2,3)4)9-11(15-7)17-12/h9H,8H2,1-7H3,(H,15,16,17). The summed E-state index contributed by atoms with van der Waals surface area (Å²) >= 11 is 0. The third-order valence-electron chi connectivity index (χ3n) is 2.79. The summed E-state index contributed by atoms with van der Waals surface area (Å²) in [6, 6.07) is 1.99. The van der Waals surface area contributed by atoms with Gasteiger partial charge < -0.3 is 10.1 Å². The molecule has 0 spiro atoms. The molecule has 1 rings (SSSR count). The van der Waals surface area contributed by atoms with Crippen LogP contribution in [0.2, 0.25) is 0 Å². The highest BCUT2D eigenvalue weighted by Crippen LogP contribution is 2.27. The number of nitrogens with one attached hydrogen (secondary N) is 1. The van der Waals surface area contributed by atoms with Gasteiger partial charge in [0.25, 0.3) is 0 Å². The van der Waals surface area contributed by atoms with E-state index in [9.17, 15) is 0 Å². The zero-order chi connectivity index (χ0) is 14.0. The third kappa shape index (κ3) is 3.42. The van der Waals surface area contributed by atoms with Crippen molar-refractivity contribution in [3.05, 3.63) is 17.6 Å². The number of rotatable bonds is 4. The largest absolute Gasteiger partial charge is 0.373 e. The van der Waals surface area contributed by atoms with E-state index in [4.69, 9.17) is 4.74 Å². The van der Waals surface area contributed by atoms with Gasteiger partial charge in [-0.15, -0.1) is 0 Å². The molecule has 0 aliphatic rings. The van der Waals surface area contributed by atoms with Crippen LogP contribution in [0.3, 0.4) is 0 Å². The Balaban J connectivity index is 3.28. The molecule has 0 saturated heterocycles. The summed E-state index contributed by atoms with van der Waals surface area (Å²) in [5.74, 6) is 1.55. The lowest BCUT2D eigenvalue weighted by molar-refractivity contribution is -0.0209. The molecule has 0 aliphatic carbocycles. The predicted octanol–water partition coefficient (Wildman–Crippen LogP) is 3.09. The van der Waals surface area contributed by atoms with E-state index in [1.807, 2.05) is 33.9 Å². The van der Waals surface area contributed by atoms with E-state index >= 15 is 0 Å². The van der Waals surface area contributed by atoms with Crippen molar-refractivity contribution in [3.63, 3.8) is 0 Å². The molecule has 4 nitrogen and oxygen atoms in total. The van der Waals surface area contributed by atoms with Crippen LogP contribution in [0.4, 0.5) is 5.82 Å². The maximum Gasteiger partial charge on any atom is 0.162 e. The molecule has 0 saturated carbocycles. The minimum absolute atomic E-state index is 0.00835. The van der Waals surface area contributed by atoms with Crippen LogP contribution in [0.5, 0.6) is 0 Å². The first kappa shape index (κ1) is 14.9. The van der Waals surface area contributed by atoms with Gasteiger partial charge in [0.05, 0.1) is 5.69 Å². The minimum atomic E-state index is -0.471. The second-order valence-corrected chi connectivity index (χ2v) is 5.91. The zero-order valence-corrected chi connectivity index (χ0v) is 12.6. The second kappa shape index (κ2) is 5.22. The first-order chi connectivity index (χ1) is 8.20. The van der Waals surface area contributed by atoms with Gasteiger partial charge in [0.2, 0.25) is 0 Å². The van der Waals surface area contributed by atoms with Crippen molar-refractivity contribution in [3.8, 4) is 0 Å². The molecular formula is C14H25N3O. The lowest BCUT2D eigenvalue weighted by Gasteiger charge is -2.26. The lowest BCUT2D eigenvalue weighted by atomic mass is 9.91. The third-order valence-corrected chi connectivity index (χ3v) is 2.79. The molecule has 0 atom stereocenters. The average Bonchev–Trinajstić information content (AvgIpc) is 2.27. The molecule has 0 aromatic carbocycles. The van der Waals surface area contributed by atoms with Crippen LogP contribution >= 0.6 is 0 Å². The van der Waals surface area contributed by atoms with E-state index in [-0.39, 0.29) is 5.41 Å². The summed E-state index contributed by atoms with van der Waals surface area (Å²) in [5, 5.41) is 3.09. The van der Waals surface area contributed by atoms with Crippen molar-refractivity contribution in [2.45, 2.75) is 52.6 Å². The molecule has 1 N–H and O–H groups in total. The van der Waals surface area contributed by atoms with Crippen molar-refractivity contribution >= 4 is 5.82 Å². The van der Waals surface area contributed by atoms with Gasteiger partial charge in [-0.05, 0) is 20.8 Å². The molecule has 102 valence electrons. The first-order valence-corrected chi connectivity index (χ1v) is 6.42. The molecular weight excluding hydrogens is 226 g/mol. The average molecular weight is 251 g/mol. The number of ether oxygens (including phenoxy) is 1. The van der Waals surface area contributed by atoms with Crippen molar-refractivity contribution in [1.29, 1.82) is 0 Å². The minimum Gasteiger partial charge on any atom is -0.373 e. The van der Waals surface area contributed by atoms with Gasteiger partial charge in [-0.2, -0.15) is 0 Å². The van der Waals surface area contributed by atoms with Gasteiger partial charge in [-0.3, -0.25) is 0 Å². The summed E-state index contributed by atoms with van der Waals surface area (Å²) < 4.78 is 5.73. The molecule has 1 aromatic rings. The van der Waals surface area contributed by atoms with E-state index in [1.54, 1.807) is 0 Å². The van der Waals surface area contributed by atoms with Crippen LogP contribution in [0.1, 0.15) is 53.1 Å². The molecule has 0 bridgehead atoms. The number of hydrogen-bond acceptors (Lipinski definition) is 4. The number of nitrogens with zero attached hydrogens (tertiary/aromatic N) is 2. The Morgan fingerprint density at radius 3 is 2.22 bits per heavy atom. The zero-order valence-electron chi connectivity index (χ0n) is 12.6. The van der Waals surface area contributed by atoms with Gasteiger partial charge in [0.1, 0.15) is 11.4 Å². The smallest absolute Gasteiger partial charge is 0.162 e. The Kier molecular flexibility index (Phi) is 4.32. The Morgan fingerprint density at radius 1 is 1.17 bits per heavy atom. The second-order valence-electron chi connectivity index (χ2n) is 5.91. The summed E-state index contributed by atoms with van der Waals surface area (Å²) in [4.78, 5) is 9.18. The number of anilines is 1. The van der Waals surface area contributed by atoms with Gasteiger partial charge >= 0.3 is 0 Å². The fourth-order valence-corrected chi connectivity index (χ4v) is 1.65. The van der Waals surface area contributed by atoms with Crippen LogP contribution in [0.15, 0.2) is 6.07 Å². The molecule has 0 fully saturated rings. The Bertz CT molecular complexity index is 408. The first-order valence-electron chi connectivity index (χ1n) is 6.42. The fraction of sp³-hybridized carbons (Fsp3) is 0.714. The van der Waals surface area contributed by atoms with Gasteiger partial charge in [0.15, 0.2) is 5.82 Å². The van der Waals surface area contributed by atoms with Crippen LogP contribution in [0.25, 0.3) is 0 Å². The van der Waals surface area contributed by atoms with Crippen LogP contribution in [-0.2, 0) is 15.8 Å². The summed E-state index contributed by atoms with van der Waals surface area (Å²) in [7, 11) is 1.87. The molecule has 0 aliphatic heterocycles. The molecule has 0 radical (unpaired) electrons. The molecule has 1 aromatic heterocycles. The topological polar surface area (TPSA) is 47.0 Å². The van der Waals surface area contributed by atoms with E-state index in [0.29, 0.717) is 6.61 Å². The Hall–Kier alpha value is -1.16. The normalized spacial score (nSPS) is 12.6. The van der Waals surface area contributed by atoms with Crippen molar-refractivity contribution in [2.24, 2.45) is 0 Å². The number of hydrogen-bond donors (Lipinski definition) is 1. The van der Waals surface area contributed by atoms with Gasteiger partial charge in [-0.25, -0.2) is 9.97 Å². The highest BCUT2D eigenvalue weighted by Gasteiger charge is 2.27. The maximum absolute atomic E-state index is 5.73. The summed E-state index contributed by atoms with van der Waals surface area (Å²) in [6.07, 6.45) is 0. The Morgan fingerprint density at radius 2 is 1.78 bits per heavy atom. The van der Waals surface area contributed by atoms with Gasteiger partial charge in [-0.1, -0.05) is 20.8 Å². The maximum atomic E-state index is 5.73. The predicted molar refractivity (Wildman–Crippen MR) is 74.9 cm³/mol. The highest BCUT2D eigenvalue weighted by atomic mass is 16.5. The molecule has 18 heavy (non-hydrogen) atoms. The molecule has 4 heteroatoms. The van der Waals surface area contributed by atoms with Crippen LogP contribution in [-0.4, -0.2) is 23.6 Å². The molecule has 0 amide bonds. The summed E-state index contributed by atoms with van der Waals surface area (Å²) in [5.41, 5.74) is 0.539. The SMILES string of the molecule is CCOC(C)(C)c1nc(NC)cc(C(C)(C)C)n1. The monoisotopic (exact) mass is 251 g/mol. The Labute approximate surface area is 110 Å². The van der Waals surface area contributed by atoms with Crippen molar-refractivity contribution in [1.82, 2.24) is 9.97 Å². The van der Waals surface area contributed by atoms with E-state index in [1.165, 1.54) is 0 Å². The van der Waals surface area contributed by atoms with Crippen molar-refractivity contribution in [2.75, 3.05) is 19.0 Å². The number of aromatic nitrogens is 2. The highest BCUT2D eigenvalue weighted by molar-refractivity contribution is 5.37. The van der Waals surface area contributed by atoms with Crippen LogP contribution < -0.4 is 5.32 Å².